The van der Waals surface area contributed by atoms with Gasteiger partial charge in [0.05, 0.1) is 31.4 Å². The van der Waals surface area contributed by atoms with Crippen molar-refractivity contribution in [2.45, 2.75) is 13.3 Å². The number of methoxy groups -OCH3 is 2. The predicted octanol–water partition coefficient (Wildman–Crippen LogP) is 4.15. The van der Waals surface area contributed by atoms with Crippen LogP contribution in [0.25, 0.3) is 0 Å². The molecule has 2 aromatic carbocycles. The molecule has 0 unspecified atom stereocenters. The second kappa shape index (κ2) is 9.96. The zero-order chi connectivity index (χ0) is 20.7. The SMILES string of the molecule is COc1ccc(C(=O)NN=C(C)CC(=O)Nc2cc(Cl)ccc2Cl)cc1OC. The molecular weight excluding hydrogens is 405 g/mol. The third-order valence-electron chi connectivity index (χ3n) is 3.61. The number of hydrogen-bond donors (Lipinski definition) is 2. The van der Waals surface area contributed by atoms with Crippen molar-refractivity contribution in [2.24, 2.45) is 5.10 Å². The molecule has 2 N–H and O–H groups in total. The second-order valence-corrected chi connectivity index (χ2v) is 6.55. The van der Waals surface area contributed by atoms with Gasteiger partial charge in [-0.1, -0.05) is 23.2 Å². The summed E-state index contributed by atoms with van der Waals surface area (Å²) in [5.74, 6) is 0.146. The Balaban J connectivity index is 1.97. The fourth-order valence-electron chi connectivity index (χ4n) is 2.25. The minimum atomic E-state index is -0.446. The van der Waals surface area contributed by atoms with Gasteiger partial charge >= 0.3 is 0 Å². The summed E-state index contributed by atoms with van der Waals surface area (Å²) >= 11 is 11.9. The van der Waals surface area contributed by atoms with E-state index < -0.39 is 5.91 Å². The number of amides is 2. The number of nitrogens with one attached hydrogen (secondary N) is 2. The number of carbonyl (C=O) groups is 2. The number of benzene rings is 2. The molecule has 7 nitrogen and oxygen atoms in total. The van der Waals surface area contributed by atoms with Crippen LogP contribution >= 0.6 is 23.2 Å². The molecule has 2 rings (SSSR count). The highest BCUT2D eigenvalue weighted by molar-refractivity contribution is 6.35. The van der Waals surface area contributed by atoms with E-state index >= 15 is 0 Å². The van der Waals surface area contributed by atoms with Gasteiger partial charge in [0.1, 0.15) is 0 Å². The highest BCUT2D eigenvalue weighted by Gasteiger charge is 2.11. The topological polar surface area (TPSA) is 89.0 Å². The number of hydrogen-bond acceptors (Lipinski definition) is 5. The van der Waals surface area contributed by atoms with Crippen molar-refractivity contribution in [3.8, 4) is 11.5 Å². The molecule has 2 aromatic rings. The van der Waals surface area contributed by atoms with E-state index in [0.717, 1.165) is 0 Å². The van der Waals surface area contributed by atoms with Crippen LogP contribution in [0, 0.1) is 0 Å². The summed E-state index contributed by atoms with van der Waals surface area (Å²) in [4.78, 5) is 24.3. The van der Waals surface area contributed by atoms with E-state index in [2.05, 4.69) is 15.8 Å². The lowest BCUT2D eigenvalue weighted by molar-refractivity contribution is -0.115. The summed E-state index contributed by atoms with van der Waals surface area (Å²) in [6.45, 7) is 1.62. The van der Waals surface area contributed by atoms with Crippen molar-refractivity contribution in [2.75, 3.05) is 19.5 Å². The normalized spacial score (nSPS) is 11.0. The molecule has 148 valence electrons. The first-order valence-corrected chi connectivity index (χ1v) is 8.90. The highest BCUT2D eigenvalue weighted by atomic mass is 35.5. The lowest BCUT2D eigenvalue weighted by Gasteiger charge is -2.09. The summed E-state index contributed by atoms with van der Waals surface area (Å²) < 4.78 is 10.3. The van der Waals surface area contributed by atoms with Crippen molar-refractivity contribution in [1.82, 2.24) is 5.43 Å². The molecule has 0 aliphatic carbocycles. The minimum Gasteiger partial charge on any atom is -0.493 e. The Morgan fingerprint density at radius 2 is 1.75 bits per heavy atom. The number of ether oxygens (including phenoxy) is 2. The molecule has 0 spiro atoms. The summed E-state index contributed by atoms with van der Waals surface area (Å²) in [6.07, 6.45) is -0.0327. The van der Waals surface area contributed by atoms with Gasteiger partial charge in [-0.2, -0.15) is 5.10 Å². The summed E-state index contributed by atoms with van der Waals surface area (Å²) in [5.41, 5.74) is 3.55. The van der Waals surface area contributed by atoms with Gasteiger partial charge in [0.25, 0.3) is 5.91 Å². The third-order valence-corrected chi connectivity index (χ3v) is 4.18. The predicted molar refractivity (Wildman–Crippen MR) is 110 cm³/mol. The molecule has 0 aliphatic rings. The number of rotatable bonds is 7. The maximum absolute atomic E-state index is 12.2. The minimum absolute atomic E-state index is 0.0327. The van der Waals surface area contributed by atoms with Gasteiger partial charge in [-0.15, -0.1) is 0 Å². The zero-order valence-corrected chi connectivity index (χ0v) is 17.0. The molecule has 0 atom stereocenters. The van der Waals surface area contributed by atoms with Crippen molar-refractivity contribution in [3.05, 3.63) is 52.0 Å². The summed E-state index contributed by atoms with van der Waals surface area (Å²) in [6, 6.07) is 9.49. The van der Waals surface area contributed by atoms with Crippen molar-refractivity contribution < 1.29 is 19.1 Å². The van der Waals surface area contributed by atoms with E-state index in [1.54, 1.807) is 37.3 Å². The third kappa shape index (κ3) is 5.87. The first-order chi connectivity index (χ1) is 13.3. The monoisotopic (exact) mass is 423 g/mol. The van der Waals surface area contributed by atoms with Crippen molar-refractivity contribution >= 4 is 46.4 Å². The van der Waals surface area contributed by atoms with E-state index in [0.29, 0.717) is 38.5 Å². The van der Waals surface area contributed by atoms with E-state index in [9.17, 15) is 9.59 Å². The van der Waals surface area contributed by atoms with Crippen molar-refractivity contribution in [1.29, 1.82) is 0 Å². The number of carbonyl (C=O) groups excluding carboxylic acids is 2. The average molecular weight is 424 g/mol. The molecule has 0 fully saturated rings. The molecule has 0 heterocycles. The van der Waals surface area contributed by atoms with Crippen LogP contribution < -0.4 is 20.2 Å². The Hall–Kier alpha value is -2.77. The van der Waals surface area contributed by atoms with E-state index in [1.807, 2.05) is 0 Å². The zero-order valence-electron chi connectivity index (χ0n) is 15.5. The van der Waals surface area contributed by atoms with Crippen LogP contribution in [0.2, 0.25) is 10.0 Å². The van der Waals surface area contributed by atoms with Crippen molar-refractivity contribution in [3.63, 3.8) is 0 Å². The van der Waals surface area contributed by atoms with Gasteiger partial charge in [-0.25, -0.2) is 5.43 Å². The molecule has 0 aliphatic heterocycles. The molecule has 0 radical (unpaired) electrons. The molecule has 0 saturated carbocycles. The molecular formula is C19H19Cl2N3O4. The number of hydrazone groups is 1. The van der Waals surface area contributed by atoms with Crippen LogP contribution in [0.3, 0.4) is 0 Å². The smallest absolute Gasteiger partial charge is 0.271 e. The fraction of sp³-hybridized carbons (Fsp3) is 0.211. The van der Waals surface area contributed by atoms with Gasteiger partial charge in [-0.3, -0.25) is 9.59 Å². The molecule has 28 heavy (non-hydrogen) atoms. The quantitative estimate of drug-likeness (QED) is 0.517. The lowest BCUT2D eigenvalue weighted by atomic mass is 10.2. The molecule has 0 bridgehead atoms. The van der Waals surface area contributed by atoms with Gasteiger partial charge in [0.2, 0.25) is 5.91 Å². The Labute approximate surface area is 172 Å². The standard InChI is InChI=1S/C19H19Cl2N3O4/c1-11(8-18(25)22-15-10-13(20)5-6-14(15)21)23-24-19(26)12-4-7-16(27-2)17(9-12)28-3/h4-7,9-10H,8H2,1-3H3,(H,22,25)(H,24,26). The fourth-order valence-corrected chi connectivity index (χ4v) is 2.58. The Bertz CT molecular complexity index is 916. The van der Waals surface area contributed by atoms with Crippen LogP contribution in [0.5, 0.6) is 11.5 Å². The summed E-state index contributed by atoms with van der Waals surface area (Å²) in [5, 5.41) is 7.42. The molecule has 0 saturated heterocycles. The first kappa shape index (κ1) is 21.5. The van der Waals surface area contributed by atoms with Gasteiger partial charge in [0.15, 0.2) is 11.5 Å². The summed E-state index contributed by atoms with van der Waals surface area (Å²) in [7, 11) is 2.99. The molecule has 9 heteroatoms. The largest absolute Gasteiger partial charge is 0.493 e. The Morgan fingerprint density at radius 3 is 2.43 bits per heavy atom. The second-order valence-electron chi connectivity index (χ2n) is 5.71. The molecule has 0 aromatic heterocycles. The van der Waals surface area contributed by atoms with Crippen LogP contribution in [0.1, 0.15) is 23.7 Å². The van der Waals surface area contributed by atoms with E-state index in [-0.39, 0.29) is 12.3 Å². The number of anilines is 1. The van der Waals surface area contributed by atoms with Crippen LogP contribution in [-0.4, -0.2) is 31.7 Å². The van der Waals surface area contributed by atoms with Gasteiger partial charge in [-0.05, 0) is 43.3 Å². The lowest BCUT2D eigenvalue weighted by Crippen LogP contribution is -2.21. The van der Waals surface area contributed by atoms with Gasteiger partial charge < -0.3 is 14.8 Å². The van der Waals surface area contributed by atoms with E-state index in [4.69, 9.17) is 32.7 Å². The van der Waals surface area contributed by atoms with Crippen LogP contribution in [0.15, 0.2) is 41.5 Å². The maximum Gasteiger partial charge on any atom is 0.271 e. The Morgan fingerprint density at radius 1 is 1.04 bits per heavy atom. The van der Waals surface area contributed by atoms with Gasteiger partial charge in [0, 0.05) is 16.3 Å². The average Bonchev–Trinajstić information content (AvgIpc) is 2.68. The number of halogens is 2. The van der Waals surface area contributed by atoms with Crippen LogP contribution in [-0.2, 0) is 4.79 Å². The first-order valence-electron chi connectivity index (χ1n) is 8.14. The van der Waals surface area contributed by atoms with Crippen LogP contribution in [0.4, 0.5) is 5.69 Å². The Kier molecular flexibility index (Phi) is 7.66. The van der Waals surface area contributed by atoms with E-state index in [1.165, 1.54) is 20.3 Å². The highest BCUT2D eigenvalue weighted by Crippen LogP contribution is 2.27. The maximum atomic E-state index is 12.2. The number of nitrogens with zero attached hydrogens (tertiary/aromatic N) is 1. The molecule has 2 amide bonds.